The molecule has 0 bridgehead atoms. The first kappa shape index (κ1) is 27.1. The van der Waals surface area contributed by atoms with Crippen LogP contribution < -0.4 is 0 Å². The highest BCUT2D eigenvalue weighted by Crippen LogP contribution is 2.30. The Balaban J connectivity index is 1.33. The summed E-state index contributed by atoms with van der Waals surface area (Å²) in [4.78, 5) is 24.9. The Morgan fingerprint density at radius 2 is 1.90 bits per heavy atom. The zero-order chi connectivity index (χ0) is 27.5. The Morgan fingerprint density at radius 3 is 2.69 bits per heavy atom. The van der Waals surface area contributed by atoms with E-state index in [4.69, 9.17) is 10.2 Å². The Labute approximate surface area is 231 Å². The summed E-state index contributed by atoms with van der Waals surface area (Å²) in [6.07, 6.45) is 18.1. The largest absolute Gasteiger partial charge is 0.396 e. The summed E-state index contributed by atoms with van der Waals surface area (Å²) in [6, 6.07) is 2.44. The second-order valence-electron chi connectivity index (χ2n) is 10.9. The van der Waals surface area contributed by atoms with Crippen LogP contribution in [0.15, 0.2) is 65.8 Å². The molecule has 2 aromatic rings. The van der Waals surface area contributed by atoms with Crippen LogP contribution in [-0.4, -0.2) is 79.1 Å². The lowest BCUT2D eigenvalue weighted by atomic mass is 10.0. The number of carbonyl (C=O) groups excluding carboxylic acids is 1. The first-order valence-corrected chi connectivity index (χ1v) is 14.1. The van der Waals surface area contributed by atoms with E-state index in [0.717, 1.165) is 84.2 Å². The monoisotopic (exact) mass is 528 g/mol. The van der Waals surface area contributed by atoms with Crippen LogP contribution in [0.3, 0.4) is 0 Å². The number of allylic oxidation sites excluding steroid dienone is 6. The van der Waals surface area contributed by atoms with Crippen molar-refractivity contribution in [1.29, 1.82) is 0 Å². The normalized spacial score (nSPS) is 23.8. The fraction of sp³-hybridized carbons (Fsp3) is 0.452. The average Bonchev–Trinajstić information content (AvgIpc) is 3.32. The summed E-state index contributed by atoms with van der Waals surface area (Å²) >= 11 is 0. The van der Waals surface area contributed by atoms with Gasteiger partial charge in [0.2, 0.25) is 0 Å². The van der Waals surface area contributed by atoms with Crippen LogP contribution >= 0.6 is 0 Å². The van der Waals surface area contributed by atoms with Gasteiger partial charge in [-0.3, -0.25) is 19.6 Å². The Hall–Kier alpha value is -3.49. The number of carbonyl (C=O) groups is 1. The summed E-state index contributed by atoms with van der Waals surface area (Å²) in [5.41, 5.74) is 7.34. The van der Waals surface area contributed by atoms with Crippen molar-refractivity contribution < 1.29 is 9.90 Å². The minimum atomic E-state index is -0.0804. The molecular formula is C31H40N6O2. The lowest BCUT2D eigenvalue weighted by Gasteiger charge is -2.42. The molecule has 0 aromatic carbocycles. The summed E-state index contributed by atoms with van der Waals surface area (Å²) in [7, 11) is 0. The summed E-state index contributed by atoms with van der Waals surface area (Å²) in [5, 5.41) is 13.7. The molecule has 8 nitrogen and oxygen atoms in total. The zero-order valence-electron chi connectivity index (χ0n) is 23.6. The molecule has 0 aliphatic carbocycles. The first-order chi connectivity index (χ1) is 18.8. The minimum Gasteiger partial charge on any atom is -0.396 e. The second kappa shape index (κ2) is 11.7. The lowest BCUT2D eigenvalue weighted by molar-refractivity contribution is -0.122. The highest BCUT2D eigenvalue weighted by Gasteiger charge is 2.28. The Morgan fingerprint density at radius 1 is 1.08 bits per heavy atom. The molecule has 8 heteroatoms. The van der Waals surface area contributed by atoms with Crippen LogP contribution in [0.1, 0.15) is 56.6 Å². The molecule has 0 unspecified atom stereocenters. The third-order valence-electron chi connectivity index (χ3n) is 7.87. The molecule has 3 aliphatic heterocycles. The number of rotatable bonds is 8. The standard InChI is InChI=1S/C31H40N6O2/c1-22-16-27(35-14-13-34(24(3)20-35)12-7-5-6-8-15-38)21-36-29(22)11-9-10-26(17-31(36)39)28-18-30-25(4)32-23(2)19-37(30)33-28/h9-11,16-19,21,24,38H,5-8,12-15,20H2,1-4H3/b10-9+,26-17+,29-11+/t24-/m1/s1. The van der Waals surface area contributed by atoms with Gasteiger partial charge in [-0.1, -0.05) is 25.0 Å². The molecule has 0 saturated carbocycles. The number of hydrogen-bond acceptors (Lipinski definition) is 6. The van der Waals surface area contributed by atoms with Crippen LogP contribution in [-0.2, 0) is 4.79 Å². The quantitative estimate of drug-likeness (QED) is 0.513. The summed E-state index contributed by atoms with van der Waals surface area (Å²) < 4.78 is 1.84. The first-order valence-electron chi connectivity index (χ1n) is 14.1. The van der Waals surface area contributed by atoms with Crippen LogP contribution in [0.5, 0.6) is 0 Å². The van der Waals surface area contributed by atoms with Gasteiger partial charge in [0.25, 0.3) is 5.91 Å². The van der Waals surface area contributed by atoms with E-state index in [1.54, 1.807) is 11.0 Å². The number of unbranched alkanes of at least 4 members (excludes halogenated alkanes) is 3. The van der Waals surface area contributed by atoms with Crippen molar-refractivity contribution in [2.24, 2.45) is 0 Å². The second-order valence-corrected chi connectivity index (χ2v) is 10.9. The van der Waals surface area contributed by atoms with Gasteiger partial charge >= 0.3 is 0 Å². The van der Waals surface area contributed by atoms with Crippen LogP contribution in [0, 0.1) is 13.8 Å². The molecule has 3 aliphatic rings. The molecule has 1 N–H and O–H groups in total. The van der Waals surface area contributed by atoms with Gasteiger partial charge in [0.15, 0.2) is 0 Å². The van der Waals surface area contributed by atoms with Crippen molar-refractivity contribution in [3.63, 3.8) is 0 Å². The Bertz CT molecular complexity index is 1400. The van der Waals surface area contributed by atoms with Crippen molar-refractivity contribution in [3.8, 4) is 0 Å². The maximum Gasteiger partial charge on any atom is 0.255 e. The molecule has 1 saturated heterocycles. The molecule has 0 spiro atoms. The number of amides is 1. The number of hydrogen-bond donors (Lipinski definition) is 1. The predicted octanol–water partition coefficient (Wildman–Crippen LogP) is 4.37. The van der Waals surface area contributed by atoms with Gasteiger partial charge in [-0.25, -0.2) is 4.52 Å². The maximum atomic E-state index is 13.6. The molecule has 5 rings (SSSR count). The van der Waals surface area contributed by atoms with Crippen LogP contribution in [0.2, 0.25) is 0 Å². The van der Waals surface area contributed by atoms with Crippen molar-refractivity contribution in [3.05, 3.63) is 82.9 Å². The maximum absolute atomic E-state index is 13.6. The minimum absolute atomic E-state index is 0.0804. The molecule has 5 heterocycles. The van der Waals surface area contributed by atoms with E-state index in [1.165, 1.54) is 12.8 Å². The zero-order valence-corrected chi connectivity index (χ0v) is 23.6. The van der Waals surface area contributed by atoms with E-state index in [0.29, 0.717) is 12.6 Å². The van der Waals surface area contributed by atoms with Gasteiger partial charge in [0, 0.05) is 50.1 Å². The smallest absolute Gasteiger partial charge is 0.255 e. The van der Waals surface area contributed by atoms with Crippen LogP contribution in [0.4, 0.5) is 0 Å². The fourth-order valence-corrected chi connectivity index (χ4v) is 5.72. The number of nitrogens with zero attached hydrogens (tertiary/aromatic N) is 6. The predicted molar refractivity (Wildman–Crippen MR) is 155 cm³/mol. The highest BCUT2D eigenvalue weighted by molar-refractivity contribution is 5.99. The van der Waals surface area contributed by atoms with Gasteiger partial charge < -0.3 is 10.0 Å². The number of aryl methyl sites for hydroxylation is 2. The molecule has 206 valence electrons. The van der Waals surface area contributed by atoms with Gasteiger partial charge in [-0.15, -0.1) is 0 Å². The molecule has 1 fully saturated rings. The van der Waals surface area contributed by atoms with Crippen LogP contribution in [0.25, 0.3) is 11.1 Å². The third-order valence-corrected chi connectivity index (χ3v) is 7.87. The molecule has 0 radical (unpaired) electrons. The van der Waals surface area contributed by atoms with E-state index >= 15 is 0 Å². The van der Waals surface area contributed by atoms with Gasteiger partial charge in [-0.2, -0.15) is 5.10 Å². The molecule has 1 atom stereocenters. The highest BCUT2D eigenvalue weighted by atomic mass is 16.3. The number of aromatic nitrogens is 3. The van der Waals surface area contributed by atoms with E-state index in [9.17, 15) is 4.79 Å². The van der Waals surface area contributed by atoms with E-state index < -0.39 is 0 Å². The fourth-order valence-electron chi connectivity index (χ4n) is 5.72. The van der Waals surface area contributed by atoms with E-state index in [1.807, 2.05) is 55.1 Å². The summed E-state index contributed by atoms with van der Waals surface area (Å²) in [6.45, 7) is 12.6. The summed E-state index contributed by atoms with van der Waals surface area (Å²) in [5.74, 6) is -0.0804. The van der Waals surface area contributed by atoms with E-state index in [2.05, 4.69) is 34.7 Å². The molecular weight excluding hydrogens is 488 g/mol. The number of fused-ring (bicyclic) bond motifs is 2. The van der Waals surface area contributed by atoms with Crippen molar-refractivity contribution in [1.82, 2.24) is 29.3 Å². The van der Waals surface area contributed by atoms with Crippen molar-refractivity contribution in [2.75, 3.05) is 32.8 Å². The number of piperazine rings is 1. The van der Waals surface area contributed by atoms with Gasteiger partial charge in [-0.05, 0) is 70.9 Å². The third kappa shape index (κ3) is 5.92. The molecule has 2 aromatic heterocycles. The van der Waals surface area contributed by atoms with Crippen molar-refractivity contribution in [2.45, 2.75) is 59.4 Å². The Kier molecular flexibility index (Phi) is 8.14. The SMILES string of the molecule is CC1=CC(N2CCN(CCCCCCO)[C@H](C)C2)=CN2C(=O)\C=C(c3cc4c(C)nc(C)cn4n3)/C=C/C=C\12. The number of aliphatic hydroxyl groups excluding tert-OH is 1. The average molecular weight is 529 g/mol. The molecule has 1 amide bonds. The van der Waals surface area contributed by atoms with Gasteiger partial charge in [0.05, 0.1) is 40.2 Å². The number of aliphatic hydroxyl groups is 1. The molecule has 39 heavy (non-hydrogen) atoms. The lowest BCUT2D eigenvalue weighted by Crippen LogP contribution is -2.51. The van der Waals surface area contributed by atoms with Gasteiger partial charge in [0.1, 0.15) is 0 Å². The van der Waals surface area contributed by atoms with E-state index in [-0.39, 0.29) is 5.91 Å². The topological polar surface area (TPSA) is 77.2 Å². The van der Waals surface area contributed by atoms with Crippen molar-refractivity contribution >= 4 is 17.0 Å².